The van der Waals surface area contributed by atoms with Crippen molar-refractivity contribution in [3.05, 3.63) is 46.4 Å². The summed E-state index contributed by atoms with van der Waals surface area (Å²) in [7, 11) is 1.78. The molecule has 1 aromatic carbocycles. The Hall–Kier alpha value is -1.92. The van der Waals surface area contributed by atoms with Crippen LogP contribution in [0.15, 0.2) is 36.0 Å². The molecule has 1 amide bonds. The summed E-state index contributed by atoms with van der Waals surface area (Å²) < 4.78 is 5.68. The number of hydrogen-bond donors (Lipinski definition) is 1. The number of nitrogens with zero attached hydrogens (tertiary/aromatic N) is 2. The third-order valence-corrected chi connectivity index (χ3v) is 6.68. The summed E-state index contributed by atoms with van der Waals surface area (Å²) in [6.45, 7) is 5.96. The Morgan fingerprint density at radius 3 is 3.04 bits per heavy atom. The molecule has 0 spiro atoms. The number of fused-ring (bicyclic) bond motifs is 1. The molecule has 1 aromatic heterocycles. The minimum absolute atomic E-state index is 0.00755. The molecule has 138 valence electrons. The zero-order valence-electron chi connectivity index (χ0n) is 15.4. The number of carbonyl (C=O) groups excluding carboxylic acids is 1. The van der Waals surface area contributed by atoms with Crippen LogP contribution >= 0.6 is 11.3 Å². The van der Waals surface area contributed by atoms with Gasteiger partial charge in [-0.2, -0.15) is 0 Å². The molecule has 2 aliphatic rings. The number of aromatic nitrogens is 1. The maximum absolute atomic E-state index is 13.2. The first-order chi connectivity index (χ1) is 12.5. The number of methoxy groups -OCH3 is 1. The smallest absolute Gasteiger partial charge is 0.254 e. The standard InChI is InChI=1S/C20H25N3O2S/c1-20(2)17-16(18(20)25-3)7-8-23(17)19(24)13-5-4-6-14(9-13)22-11-15-10-21-12-26-15/h4-6,9-10,12,16-18,22H,7-8,11H2,1-3H3/t16-,17+,18?/m1/s1. The molecule has 26 heavy (non-hydrogen) atoms. The van der Waals surface area contributed by atoms with Gasteiger partial charge in [0.05, 0.1) is 18.2 Å². The number of hydrogen-bond acceptors (Lipinski definition) is 5. The maximum Gasteiger partial charge on any atom is 0.254 e. The second-order valence-corrected chi connectivity index (χ2v) is 8.75. The molecule has 0 bridgehead atoms. The second kappa shape index (κ2) is 6.67. The number of rotatable bonds is 5. The molecule has 1 unspecified atom stereocenters. The van der Waals surface area contributed by atoms with Crippen molar-refractivity contribution in [1.29, 1.82) is 0 Å². The maximum atomic E-state index is 13.2. The highest BCUT2D eigenvalue weighted by Crippen LogP contribution is 2.54. The highest BCUT2D eigenvalue weighted by Gasteiger charge is 2.62. The van der Waals surface area contributed by atoms with Gasteiger partial charge in [-0.25, -0.2) is 0 Å². The summed E-state index contributed by atoms with van der Waals surface area (Å²) in [5.41, 5.74) is 3.54. The Kier molecular flexibility index (Phi) is 4.49. The topological polar surface area (TPSA) is 54.5 Å². The van der Waals surface area contributed by atoms with Crippen molar-refractivity contribution in [3.8, 4) is 0 Å². The Balaban J connectivity index is 1.48. The number of nitrogens with one attached hydrogen (secondary N) is 1. The second-order valence-electron chi connectivity index (χ2n) is 7.78. The van der Waals surface area contributed by atoms with Gasteiger partial charge in [0.15, 0.2) is 0 Å². The summed E-state index contributed by atoms with van der Waals surface area (Å²) in [6.07, 6.45) is 3.14. The van der Waals surface area contributed by atoms with Gasteiger partial charge in [-0.15, -0.1) is 11.3 Å². The van der Waals surface area contributed by atoms with E-state index in [1.165, 1.54) is 4.88 Å². The van der Waals surface area contributed by atoms with Crippen molar-refractivity contribution < 1.29 is 9.53 Å². The monoisotopic (exact) mass is 371 g/mol. The fourth-order valence-corrected chi connectivity index (χ4v) is 5.38. The molecule has 1 saturated heterocycles. The van der Waals surface area contributed by atoms with Crippen LogP contribution in [0, 0.1) is 11.3 Å². The number of thiazole rings is 1. The molecule has 1 aliphatic heterocycles. The summed E-state index contributed by atoms with van der Waals surface area (Å²) in [6, 6.07) is 8.08. The van der Waals surface area contributed by atoms with Crippen molar-refractivity contribution >= 4 is 22.9 Å². The van der Waals surface area contributed by atoms with Crippen molar-refractivity contribution in [2.45, 2.75) is 39.0 Å². The predicted molar refractivity (Wildman–Crippen MR) is 103 cm³/mol. The molecule has 0 radical (unpaired) electrons. The van der Waals surface area contributed by atoms with Gasteiger partial charge in [0.2, 0.25) is 0 Å². The first-order valence-electron chi connectivity index (χ1n) is 9.07. The zero-order valence-corrected chi connectivity index (χ0v) is 16.3. The van der Waals surface area contributed by atoms with E-state index in [9.17, 15) is 4.79 Å². The summed E-state index contributed by atoms with van der Waals surface area (Å²) in [4.78, 5) is 20.5. The van der Waals surface area contributed by atoms with E-state index < -0.39 is 0 Å². The molecular formula is C20H25N3O2S. The van der Waals surface area contributed by atoms with Crippen molar-refractivity contribution in [2.75, 3.05) is 19.0 Å². The predicted octanol–water partition coefficient (Wildman–Crippen LogP) is 3.64. The normalized spacial score (nSPS) is 26.3. The van der Waals surface area contributed by atoms with Gasteiger partial charge in [0.1, 0.15) is 0 Å². The van der Waals surface area contributed by atoms with Crippen molar-refractivity contribution in [1.82, 2.24) is 9.88 Å². The molecule has 2 fully saturated rings. The van der Waals surface area contributed by atoms with E-state index in [0.717, 1.165) is 30.8 Å². The van der Waals surface area contributed by atoms with Crippen molar-refractivity contribution in [3.63, 3.8) is 0 Å². The Morgan fingerprint density at radius 1 is 1.46 bits per heavy atom. The fraction of sp³-hybridized carbons (Fsp3) is 0.500. The first-order valence-corrected chi connectivity index (χ1v) is 9.95. The number of likely N-dealkylation sites (tertiary alicyclic amines) is 1. The molecule has 2 aromatic rings. The molecule has 1 N–H and O–H groups in total. The Bertz CT molecular complexity index is 790. The van der Waals surface area contributed by atoms with Crippen LogP contribution in [0.4, 0.5) is 5.69 Å². The van der Waals surface area contributed by atoms with Gasteiger partial charge in [-0.3, -0.25) is 9.78 Å². The van der Waals surface area contributed by atoms with E-state index in [4.69, 9.17) is 4.74 Å². The summed E-state index contributed by atoms with van der Waals surface area (Å²) in [5, 5.41) is 3.38. The van der Waals surface area contributed by atoms with Crippen LogP contribution in [0.3, 0.4) is 0 Å². The van der Waals surface area contributed by atoms with Crippen LogP contribution in [-0.2, 0) is 11.3 Å². The molecule has 4 rings (SSSR count). The third kappa shape index (κ3) is 2.81. The Morgan fingerprint density at radius 2 is 2.31 bits per heavy atom. The van der Waals surface area contributed by atoms with Gasteiger partial charge < -0.3 is 15.0 Å². The van der Waals surface area contributed by atoms with Crippen LogP contribution in [0.2, 0.25) is 0 Å². The van der Waals surface area contributed by atoms with Gasteiger partial charge in [-0.05, 0) is 24.6 Å². The van der Waals surface area contributed by atoms with Crippen LogP contribution in [0.25, 0.3) is 0 Å². The minimum Gasteiger partial charge on any atom is -0.380 e. The quantitative estimate of drug-likeness (QED) is 0.872. The SMILES string of the molecule is COC1[C@@H]2CCN(C(=O)c3cccc(NCc4cncs4)c3)[C@@H]2C1(C)C. The van der Waals surface area contributed by atoms with Gasteiger partial charge in [0, 0.05) is 53.4 Å². The number of ether oxygens (including phenoxy) is 1. The van der Waals surface area contributed by atoms with E-state index >= 15 is 0 Å². The molecule has 1 saturated carbocycles. The molecule has 1 aliphatic carbocycles. The summed E-state index contributed by atoms with van der Waals surface area (Å²) >= 11 is 1.62. The lowest BCUT2D eigenvalue weighted by atomic mass is 9.57. The van der Waals surface area contributed by atoms with Gasteiger partial charge in [-0.1, -0.05) is 19.9 Å². The number of anilines is 1. The van der Waals surface area contributed by atoms with E-state index in [1.54, 1.807) is 18.4 Å². The minimum atomic E-state index is 0.00755. The number of amides is 1. The number of benzene rings is 1. The molecule has 2 heterocycles. The van der Waals surface area contributed by atoms with Gasteiger partial charge >= 0.3 is 0 Å². The average molecular weight is 372 g/mol. The lowest BCUT2D eigenvalue weighted by Crippen LogP contribution is -2.65. The van der Waals surface area contributed by atoms with Gasteiger partial charge in [0.25, 0.3) is 5.91 Å². The largest absolute Gasteiger partial charge is 0.380 e. The lowest BCUT2D eigenvalue weighted by molar-refractivity contribution is -0.154. The summed E-state index contributed by atoms with van der Waals surface area (Å²) in [5.74, 6) is 0.591. The highest BCUT2D eigenvalue weighted by atomic mass is 32.1. The molecular weight excluding hydrogens is 346 g/mol. The van der Waals surface area contributed by atoms with Crippen LogP contribution in [0.1, 0.15) is 35.5 Å². The molecule has 5 nitrogen and oxygen atoms in total. The Labute approximate surface area is 158 Å². The van der Waals surface area contributed by atoms with E-state index in [0.29, 0.717) is 5.92 Å². The van der Waals surface area contributed by atoms with E-state index in [1.807, 2.05) is 36.0 Å². The van der Waals surface area contributed by atoms with E-state index in [-0.39, 0.29) is 23.5 Å². The fourth-order valence-electron chi connectivity index (χ4n) is 4.84. The zero-order chi connectivity index (χ0) is 18.3. The van der Waals surface area contributed by atoms with Crippen LogP contribution < -0.4 is 5.32 Å². The first kappa shape index (κ1) is 17.5. The third-order valence-electron chi connectivity index (χ3n) is 5.90. The molecule has 6 heteroatoms. The lowest BCUT2D eigenvalue weighted by Gasteiger charge is -2.56. The average Bonchev–Trinajstić information content (AvgIpc) is 3.28. The molecule has 3 atom stereocenters. The highest BCUT2D eigenvalue weighted by molar-refractivity contribution is 7.09. The van der Waals surface area contributed by atoms with E-state index in [2.05, 4.69) is 29.0 Å². The number of carbonyl (C=O) groups is 1. The van der Waals surface area contributed by atoms with Crippen molar-refractivity contribution in [2.24, 2.45) is 11.3 Å². The van der Waals surface area contributed by atoms with Crippen LogP contribution in [-0.4, -0.2) is 41.6 Å². The van der Waals surface area contributed by atoms with Crippen LogP contribution in [0.5, 0.6) is 0 Å².